The van der Waals surface area contributed by atoms with Gasteiger partial charge in [0.2, 0.25) is 5.91 Å². The van der Waals surface area contributed by atoms with Gasteiger partial charge in [-0.05, 0) is 30.9 Å². The highest BCUT2D eigenvalue weighted by Crippen LogP contribution is 2.24. The first-order valence-corrected chi connectivity index (χ1v) is 7.05. The predicted molar refractivity (Wildman–Crippen MR) is 82.1 cm³/mol. The van der Waals surface area contributed by atoms with Crippen molar-refractivity contribution in [2.75, 3.05) is 24.3 Å². The molecular weight excluding hydrogens is 268 g/mol. The SMILES string of the molecule is COC(=O)CNc1ccccc1NC(=O)CC1C=CCC1. The quantitative estimate of drug-likeness (QED) is 0.623. The van der Waals surface area contributed by atoms with E-state index < -0.39 is 0 Å². The minimum atomic E-state index is -0.354. The van der Waals surface area contributed by atoms with Gasteiger partial charge in [0.15, 0.2) is 0 Å². The van der Waals surface area contributed by atoms with E-state index >= 15 is 0 Å². The van der Waals surface area contributed by atoms with Crippen LogP contribution < -0.4 is 10.6 Å². The van der Waals surface area contributed by atoms with Crippen molar-refractivity contribution in [3.63, 3.8) is 0 Å². The minimum absolute atomic E-state index is 0.0149. The van der Waals surface area contributed by atoms with Crippen LogP contribution in [0, 0.1) is 5.92 Å². The Labute approximate surface area is 124 Å². The van der Waals surface area contributed by atoms with Crippen molar-refractivity contribution < 1.29 is 14.3 Å². The highest BCUT2D eigenvalue weighted by Gasteiger charge is 2.15. The van der Waals surface area contributed by atoms with Crippen molar-refractivity contribution >= 4 is 23.3 Å². The summed E-state index contributed by atoms with van der Waals surface area (Å²) in [5.74, 6) is -0.0359. The molecule has 1 aromatic carbocycles. The van der Waals surface area contributed by atoms with Gasteiger partial charge < -0.3 is 15.4 Å². The summed E-state index contributed by atoms with van der Waals surface area (Å²) >= 11 is 0. The zero-order chi connectivity index (χ0) is 15.1. The topological polar surface area (TPSA) is 67.4 Å². The highest BCUT2D eigenvalue weighted by molar-refractivity contribution is 5.94. The second-order valence-electron chi connectivity index (χ2n) is 4.99. The van der Waals surface area contributed by atoms with Gasteiger partial charge in [0, 0.05) is 6.42 Å². The monoisotopic (exact) mass is 288 g/mol. The van der Waals surface area contributed by atoms with E-state index in [-0.39, 0.29) is 18.4 Å². The number of carbonyl (C=O) groups is 2. The maximum atomic E-state index is 12.1. The van der Waals surface area contributed by atoms with Gasteiger partial charge in [-0.25, -0.2) is 0 Å². The molecule has 0 radical (unpaired) electrons. The van der Waals surface area contributed by atoms with Gasteiger partial charge in [-0.15, -0.1) is 0 Å². The zero-order valence-corrected chi connectivity index (χ0v) is 12.1. The Morgan fingerprint density at radius 3 is 2.71 bits per heavy atom. The molecule has 1 aliphatic carbocycles. The Morgan fingerprint density at radius 1 is 1.29 bits per heavy atom. The fourth-order valence-electron chi connectivity index (χ4n) is 2.29. The van der Waals surface area contributed by atoms with Crippen molar-refractivity contribution in [3.05, 3.63) is 36.4 Å². The van der Waals surface area contributed by atoms with E-state index in [0.717, 1.165) is 12.8 Å². The molecule has 5 heteroatoms. The molecular formula is C16H20N2O3. The molecule has 1 atom stereocenters. The third kappa shape index (κ3) is 4.63. The molecule has 0 spiro atoms. The summed E-state index contributed by atoms with van der Waals surface area (Å²) in [5.41, 5.74) is 1.38. The van der Waals surface area contributed by atoms with Crippen LogP contribution in [0.1, 0.15) is 19.3 Å². The molecule has 2 rings (SSSR count). The summed E-state index contributed by atoms with van der Waals surface area (Å²) in [6, 6.07) is 7.30. The largest absolute Gasteiger partial charge is 0.468 e. The van der Waals surface area contributed by atoms with Crippen LogP contribution in [0.5, 0.6) is 0 Å². The lowest BCUT2D eigenvalue weighted by Crippen LogP contribution is -2.18. The van der Waals surface area contributed by atoms with E-state index in [2.05, 4.69) is 27.5 Å². The number of amides is 1. The summed E-state index contributed by atoms with van der Waals surface area (Å²) in [5, 5.41) is 5.85. The van der Waals surface area contributed by atoms with E-state index in [4.69, 9.17) is 0 Å². The lowest BCUT2D eigenvalue weighted by molar-refractivity contribution is -0.138. The number of hydrogen-bond acceptors (Lipinski definition) is 4. The van der Waals surface area contributed by atoms with Crippen LogP contribution in [0.25, 0.3) is 0 Å². The van der Waals surface area contributed by atoms with Gasteiger partial charge in [0.25, 0.3) is 0 Å². The number of ether oxygens (including phenoxy) is 1. The molecule has 5 nitrogen and oxygen atoms in total. The number of para-hydroxylation sites is 2. The molecule has 1 amide bonds. The second-order valence-corrected chi connectivity index (χ2v) is 4.99. The van der Waals surface area contributed by atoms with E-state index in [1.165, 1.54) is 7.11 Å². The van der Waals surface area contributed by atoms with Gasteiger partial charge in [-0.2, -0.15) is 0 Å². The number of rotatable bonds is 6. The summed E-state index contributed by atoms with van der Waals surface area (Å²) in [6.07, 6.45) is 6.79. The van der Waals surface area contributed by atoms with Crippen molar-refractivity contribution in [1.82, 2.24) is 0 Å². The van der Waals surface area contributed by atoms with Crippen LogP contribution in [0.2, 0.25) is 0 Å². The molecule has 112 valence electrons. The third-order valence-electron chi connectivity index (χ3n) is 3.41. The Hall–Kier alpha value is -2.30. The molecule has 0 fully saturated rings. The Balaban J connectivity index is 1.93. The molecule has 0 bridgehead atoms. The molecule has 0 aliphatic heterocycles. The minimum Gasteiger partial charge on any atom is -0.468 e. The molecule has 0 saturated carbocycles. The number of hydrogen-bond donors (Lipinski definition) is 2. The highest BCUT2D eigenvalue weighted by atomic mass is 16.5. The number of allylic oxidation sites excluding steroid dienone is 2. The van der Waals surface area contributed by atoms with Crippen LogP contribution >= 0.6 is 0 Å². The average molecular weight is 288 g/mol. The van der Waals surface area contributed by atoms with Crippen molar-refractivity contribution in [1.29, 1.82) is 0 Å². The third-order valence-corrected chi connectivity index (χ3v) is 3.41. The van der Waals surface area contributed by atoms with Gasteiger partial charge in [-0.3, -0.25) is 9.59 Å². The first kappa shape index (κ1) is 15.1. The van der Waals surface area contributed by atoms with Gasteiger partial charge in [0.1, 0.15) is 6.54 Å². The van der Waals surface area contributed by atoms with E-state index in [1.54, 1.807) is 0 Å². The van der Waals surface area contributed by atoms with Crippen LogP contribution in [-0.2, 0) is 14.3 Å². The molecule has 1 aliphatic rings. The maximum absolute atomic E-state index is 12.1. The average Bonchev–Trinajstić information content (AvgIpc) is 2.98. The van der Waals surface area contributed by atoms with E-state index in [0.29, 0.717) is 23.7 Å². The summed E-state index contributed by atoms with van der Waals surface area (Å²) < 4.78 is 4.59. The normalized spacial score (nSPS) is 16.5. The second kappa shape index (κ2) is 7.47. The molecule has 21 heavy (non-hydrogen) atoms. The van der Waals surface area contributed by atoms with Crippen molar-refractivity contribution in [2.24, 2.45) is 5.92 Å². The number of benzene rings is 1. The number of nitrogens with one attached hydrogen (secondary N) is 2. The van der Waals surface area contributed by atoms with Crippen LogP contribution in [0.15, 0.2) is 36.4 Å². The van der Waals surface area contributed by atoms with Crippen LogP contribution in [0.3, 0.4) is 0 Å². The zero-order valence-electron chi connectivity index (χ0n) is 12.1. The van der Waals surface area contributed by atoms with E-state index in [9.17, 15) is 9.59 Å². The van der Waals surface area contributed by atoms with Gasteiger partial charge in [-0.1, -0.05) is 24.3 Å². The number of carbonyl (C=O) groups excluding carboxylic acids is 2. The Morgan fingerprint density at radius 2 is 2.05 bits per heavy atom. The summed E-state index contributed by atoms with van der Waals surface area (Å²) in [7, 11) is 1.34. The summed E-state index contributed by atoms with van der Waals surface area (Å²) in [6.45, 7) is 0.0642. The Bertz CT molecular complexity index is 540. The Kier molecular flexibility index (Phi) is 5.37. The lowest BCUT2D eigenvalue weighted by Gasteiger charge is -2.13. The number of anilines is 2. The predicted octanol–water partition coefficient (Wildman–Crippen LogP) is 2.57. The van der Waals surface area contributed by atoms with Crippen LogP contribution in [-0.4, -0.2) is 25.5 Å². The molecule has 1 unspecified atom stereocenters. The fourth-order valence-corrected chi connectivity index (χ4v) is 2.29. The lowest BCUT2D eigenvalue weighted by atomic mass is 10.0. The molecule has 2 N–H and O–H groups in total. The van der Waals surface area contributed by atoms with Gasteiger partial charge >= 0.3 is 5.97 Å². The van der Waals surface area contributed by atoms with Crippen molar-refractivity contribution in [3.8, 4) is 0 Å². The molecule has 0 aromatic heterocycles. The number of esters is 1. The smallest absolute Gasteiger partial charge is 0.325 e. The number of methoxy groups -OCH3 is 1. The molecule has 0 heterocycles. The fraction of sp³-hybridized carbons (Fsp3) is 0.375. The first-order valence-electron chi connectivity index (χ1n) is 7.05. The molecule has 0 saturated heterocycles. The van der Waals surface area contributed by atoms with Crippen LogP contribution in [0.4, 0.5) is 11.4 Å². The van der Waals surface area contributed by atoms with Gasteiger partial charge in [0.05, 0.1) is 18.5 Å². The summed E-state index contributed by atoms with van der Waals surface area (Å²) in [4.78, 5) is 23.2. The van der Waals surface area contributed by atoms with E-state index in [1.807, 2.05) is 24.3 Å². The molecule has 1 aromatic rings. The first-order chi connectivity index (χ1) is 10.2. The maximum Gasteiger partial charge on any atom is 0.325 e. The standard InChI is InChI=1S/C16H20N2O3/c1-21-16(20)11-17-13-8-4-5-9-14(13)18-15(19)10-12-6-2-3-7-12/h2,4-6,8-9,12,17H,3,7,10-11H2,1H3,(H,18,19). The van der Waals surface area contributed by atoms with Crippen molar-refractivity contribution in [2.45, 2.75) is 19.3 Å².